The lowest BCUT2D eigenvalue weighted by molar-refractivity contribution is 0.0804. The minimum absolute atomic E-state index is 0.0105. The van der Waals surface area contributed by atoms with Gasteiger partial charge in [0.2, 0.25) is 0 Å². The van der Waals surface area contributed by atoms with Gasteiger partial charge in [-0.3, -0.25) is 9.20 Å². The second kappa shape index (κ2) is 9.71. The summed E-state index contributed by atoms with van der Waals surface area (Å²) in [4.78, 5) is 21.7. The third-order valence-electron chi connectivity index (χ3n) is 6.41. The summed E-state index contributed by atoms with van der Waals surface area (Å²) >= 11 is 5.91. The molecule has 4 rings (SSSR count). The van der Waals surface area contributed by atoms with Crippen molar-refractivity contribution in [1.82, 2.24) is 19.7 Å². The van der Waals surface area contributed by atoms with E-state index >= 15 is 0 Å². The molecular weight excluding hydrogens is 530 g/mol. The molecule has 1 fully saturated rings. The lowest BCUT2D eigenvalue weighted by atomic mass is 9.87. The molecule has 4 heterocycles. The highest BCUT2D eigenvalue weighted by Crippen LogP contribution is 2.37. The molecule has 1 N–H and O–H groups in total. The summed E-state index contributed by atoms with van der Waals surface area (Å²) in [6.07, 6.45) is 0.780. The third-order valence-corrected chi connectivity index (χ3v) is 9.18. The zero-order valence-corrected chi connectivity index (χ0v) is 22.3. The van der Waals surface area contributed by atoms with Crippen molar-refractivity contribution < 1.29 is 31.5 Å². The summed E-state index contributed by atoms with van der Waals surface area (Å²) in [5, 5.41) is 3.18. The van der Waals surface area contributed by atoms with Crippen LogP contribution in [0.4, 0.5) is 8.78 Å². The normalized spacial score (nSPS) is 20.6. The van der Waals surface area contributed by atoms with E-state index in [0.717, 1.165) is 0 Å². The number of rotatable bonds is 7. The average Bonchev–Trinajstić information content (AvgIpc) is 3.13. The van der Waals surface area contributed by atoms with Gasteiger partial charge in [-0.2, -0.15) is 0 Å². The molecule has 200 valence electrons. The van der Waals surface area contributed by atoms with Crippen LogP contribution in [-0.4, -0.2) is 57.8 Å². The van der Waals surface area contributed by atoms with Crippen molar-refractivity contribution >= 4 is 33.0 Å². The summed E-state index contributed by atoms with van der Waals surface area (Å²) in [5.41, 5.74) is 0.486. The Balaban J connectivity index is 1.57. The van der Waals surface area contributed by atoms with E-state index in [1.807, 2.05) is 6.92 Å². The van der Waals surface area contributed by atoms with Gasteiger partial charge >= 0.3 is 0 Å². The monoisotopic (exact) mass is 556 g/mol. The quantitative estimate of drug-likeness (QED) is 0.452. The molecule has 13 heteroatoms. The number of aromatic nitrogens is 3. The summed E-state index contributed by atoms with van der Waals surface area (Å²) in [6.45, 7) is 6.05. The molecule has 1 aliphatic rings. The van der Waals surface area contributed by atoms with Gasteiger partial charge in [0.1, 0.15) is 23.7 Å². The fourth-order valence-electron chi connectivity index (χ4n) is 4.48. The number of hydrogen-bond acceptors (Lipinski definition) is 7. The maximum Gasteiger partial charge on any atom is 0.272 e. The summed E-state index contributed by atoms with van der Waals surface area (Å²) in [5.74, 6) is -0.223. The lowest BCUT2D eigenvalue weighted by Crippen LogP contribution is -2.57. The van der Waals surface area contributed by atoms with E-state index in [4.69, 9.17) is 21.1 Å². The van der Waals surface area contributed by atoms with E-state index < -0.39 is 39.1 Å². The predicted octanol–water partition coefficient (Wildman–Crippen LogP) is 4.60. The zero-order valence-electron chi connectivity index (χ0n) is 20.7. The second-order valence-corrected chi connectivity index (χ2v) is 13.1. The Morgan fingerprint density at radius 1 is 1.30 bits per heavy atom. The first-order valence-electron chi connectivity index (χ1n) is 11.5. The summed E-state index contributed by atoms with van der Waals surface area (Å²) in [6, 6.07) is 4.55. The number of aryl methyl sites for hydroxylation is 1. The van der Waals surface area contributed by atoms with E-state index in [0.29, 0.717) is 23.5 Å². The van der Waals surface area contributed by atoms with Crippen molar-refractivity contribution in [1.29, 1.82) is 0 Å². The maximum absolute atomic E-state index is 13.2. The number of halogens is 3. The molecule has 1 unspecified atom stereocenters. The second-order valence-electron chi connectivity index (χ2n) is 9.92. The van der Waals surface area contributed by atoms with Crippen LogP contribution in [-0.2, 0) is 9.84 Å². The topological polar surface area (TPSA) is 112 Å². The number of carbonyl (C=O) groups excluding carboxylic acids is 1. The number of nitrogens with one attached hydrogen (secondary N) is 1. The standard InChI is InChI=1S/C24H27ClF2N4O5S/c1-14-20(21(32)30-24(4)7-8-37(33,34)23(2,3)13-24)29-19-6-5-16(11-31(14)19)36-22-17(35-12-18(26)27)9-15(25)10-28-22/h5-6,9-11,18H,7-8,12-13H2,1-4H3,(H,30,32). The van der Waals surface area contributed by atoms with Gasteiger partial charge in [0, 0.05) is 17.8 Å². The van der Waals surface area contributed by atoms with Crippen molar-refractivity contribution in [3.05, 3.63) is 47.0 Å². The summed E-state index contributed by atoms with van der Waals surface area (Å²) in [7, 11) is -3.25. The van der Waals surface area contributed by atoms with Crippen molar-refractivity contribution in [2.45, 2.75) is 57.2 Å². The Morgan fingerprint density at radius 3 is 2.70 bits per heavy atom. The van der Waals surface area contributed by atoms with E-state index in [2.05, 4.69) is 15.3 Å². The fourth-order valence-corrected chi connectivity index (χ4v) is 6.44. The number of carbonyl (C=O) groups is 1. The van der Waals surface area contributed by atoms with Crippen molar-refractivity contribution in [2.24, 2.45) is 0 Å². The van der Waals surface area contributed by atoms with E-state index in [1.165, 1.54) is 12.3 Å². The molecule has 0 radical (unpaired) electrons. The first-order valence-corrected chi connectivity index (χ1v) is 13.5. The summed E-state index contributed by atoms with van der Waals surface area (Å²) < 4.78 is 61.6. The third kappa shape index (κ3) is 5.64. The molecular formula is C24H27ClF2N4O5S. The number of alkyl halides is 2. The van der Waals surface area contributed by atoms with Gasteiger partial charge in [-0.15, -0.1) is 0 Å². The van der Waals surface area contributed by atoms with Gasteiger partial charge in [0.15, 0.2) is 15.6 Å². The minimum Gasteiger partial charge on any atom is -0.482 e. The van der Waals surface area contributed by atoms with Crippen LogP contribution in [0, 0.1) is 6.92 Å². The van der Waals surface area contributed by atoms with E-state index in [-0.39, 0.29) is 34.5 Å². The highest BCUT2D eigenvalue weighted by atomic mass is 35.5. The maximum atomic E-state index is 13.2. The van der Waals surface area contributed by atoms with Gasteiger partial charge in [-0.05, 0) is 52.7 Å². The Bertz CT molecular complexity index is 1460. The van der Waals surface area contributed by atoms with Crippen molar-refractivity contribution in [3.8, 4) is 17.4 Å². The smallest absolute Gasteiger partial charge is 0.272 e. The van der Waals surface area contributed by atoms with Crippen LogP contribution in [0.1, 0.15) is 49.8 Å². The van der Waals surface area contributed by atoms with Crippen LogP contribution in [0.5, 0.6) is 17.4 Å². The zero-order chi connectivity index (χ0) is 27.2. The highest BCUT2D eigenvalue weighted by molar-refractivity contribution is 7.92. The van der Waals surface area contributed by atoms with Gasteiger partial charge < -0.3 is 14.8 Å². The van der Waals surface area contributed by atoms with Crippen LogP contribution in [0.3, 0.4) is 0 Å². The number of sulfone groups is 1. The Labute approximate surface area is 218 Å². The van der Waals surface area contributed by atoms with Crippen LogP contribution in [0.2, 0.25) is 5.02 Å². The largest absolute Gasteiger partial charge is 0.482 e. The number of hydrogen-bond donors (Lipinski definition) is 1. The van der Waals surface area contributed by atoms with E-state index in [1.54, 1.807) is 43.5 Å². The molecule has 0 aromatic carbocycles. The van der Waals surface area contributed by atoms with Crippen LogP contribution in [0.25, 0.3) is 5.65 Å². The molecule has 1 saturated heterocycles. The van der Waals surface area contributed by atoms with Gasteiger partial charge in [0.05, 0.1) is 27.4 Å². The number of fused-ring (bicyclic) bond motifs is 1. The van der Waals surface area contributed by atoms with Crippen LogP contribution >= 0.6 is 11.6 Å². The molecule has 37 heavy (non-hydrogen) atoms. The SMILES string of the molecule is Cc1c(C(=O)NC2(C)CCS(=O)(=O)C(C)(C)C2)nc2ccc(Oc3ncc(Cl)cc3OCC(F)F)cn12. The molecule has 0 aliphatic carbocycles. The molecule has 0 spiro atoms. The number of ether oxygens (including phenoxy) is 2. The number of imidazole rings is 1. The number of nitrogens with zero attached hydrogens (tertiary/aromatic N) is 3. The molecule has 1 amide bonds. The van der Waals surface area contributed by atoms with Crippen molar-refractivity contribution in [2.75, 3.05) is 12.4 Å². The first kappa shape index (κ1) is 27.1. The van der Waals surface area contributed by atoms with Crippen molar-refractivity contribution in [3.63, 3.8) is 0 Å². The minimum atomic E-state index is -3.25. The Hall–Kier alpha value is -2.99. The van der Waals surface area contributed by atoms with Crippen LogP contribution in [0.15, 0.2) is 30.6 Å². The van der Waals surface area contributed by atoms with Gasteiger partial charge in [0.25, 0.3) is 18.2 Å². The Morgan fingerprint density at radius 2 is 2.03 bits per heavy atom. The highest BCUT2D eigenvalue weighted by Gasteiger charge is 2.47. The molecule has 3 aromatic heterocycles. The van der Waals surface area contributed by atoms with E-state index in [9.17, 15) is 22.0 Å². The molecule has 0 bridgehead atoms. The fraction of sp³-hybridized carbons (Fsp3) is 0.458. The Kier molecular flexibility index (Phi) is 7.10. The number of pyridine rings is 2. The molecule has 3 aromatic rings. The predicted molar refractivity (Wildman–Crippen MR) is 134 cm³/mol. The van der Waals surface area contributed by atoms with Crippen LogP contribution < -0.4 is 14.8 Å². The molecule has 1 aliphatic heterocycles. The molecule has 1 atom stereocenters. The lowest BCUT2D eigenvalue weighted by Gasteiger charge is -2.42. The first-order chi connectivity index (χ1) is 17.2. The average molecular weight is 557 g/mol. The molecule has 9 nitrogen and oxygen atoms in total. The number of amides is 1. The van der Waals surface area contributed by atoms with Gasteiger partial charge in [-0.25, -0.2) is 27.2 Å². The van der Waals surface area contributed by atoms with Gasteiger partial charge in [-0.1, -0.05) is 11.6 Å². The molecule has 0 saturated carbocycles.